The van der Waals surface area contributed by atoms with Gasteiger partial charge in [0.25, 0.3) is 0 Å². The molecule has 1 aliphatic rings. The van der Waals surface area contributed by atoms with Gasteiger partial charge < -0.3 is 10.1 Å². The van der Waals surface area contributed by atoms with Gasteiger partial charge in [0.15, 0.2) is 17.5 Å². The average Bonchev–Trinajstić information content (AvgIpc) is 2.27. The molecule has 16 heavy (non-hydrogen) atoms. The van der Waals surface area contributed by atoms with Crippen molar-refractivity contribution < 1.29 is 17.9 Å². The molecule has 0 aliphatic carbocycles. The molecule has 0 bridgehead atoms. The summed E-state index contributed by atoms with van der Waals surface area (Å²) in [6.45, 7) is 1.56. The van der Waals surface area contributed by atoms with Crippen molar-refractivity contribution in [2.75, 3.05) is 13.1 Å². The van der Waals surface area contributed by atoms with Crippen molar-refractivity contribution in [3.8, 4) is 5.75 Å². The summed E-state index contributed by atoms with van der Waals surface area (Å²) in [5.41, 5.74) is 0. The summed E-state index contributed by atoms with van der Waals surface area (Å²) in [6, 6.07) is 1.74. The van der Waals surface area contributed by atoms with Crippen LogP contribution >= 0.6 is 0 Å². The highest BCUT2D eigenvalue weighted by atomic mass is 19.2. The molecule has 88 valence electrons. The molecule has 1 saturated heterocycles. The summed E-state index contributed by atoms with van der Waals surface area (Å²) >= 11 is 0. The molecule has 2 rings (SSSR count). The normalized spacial score (nSPS) is 20.8. The Hall–Kier alpha value is -1.23. The van der Waals surface area contributed by atoms with Gasteiger partial charge >= 0.3 is 0 Å². The van der Waals surface area contributed by atoms with Gasteiger partial charge in [-0.1, -0.05) is 0 Å². The van der Waals surface area contributed by atoms with Gasteiger partial charge in [-0.25, -0.2) is 13.2 Å². The van der Waals surface area contributed by atoms with Crippen molar-refractivity contribution >= 4 is 0 Å². The molecular formula is C11H12F3NO. The van der Waals surface area contributed by atoms with Crippen LogP contribution in [0.3, 0.4) is 0 Å². The van der Waals surface area contributed by atoms with Crippen LogP contribution in [0.25, 0.3) is 0 Å². The number of halogens is 3. The second kappa shape index (κ2) is 4.74. The smallest absolute Gasteiger partial charge is 0.194 e. The van der Waals surface area contributed by atoms with Gasteiger partial charge in [0.2, 0.25) is 0 Å². The van der Waals surface area contributed by atoms with Gasteiger partial charge in [-0.15, -0.1) is 0 Å². The van der Waals surface area contributed by atoms with Crippen LogP contribution in [0.5, 0.6) is 5.75 Å². The molecule has 2 nitrogen and oxygen atoms in total. The number of hydrogen-bond acceptors (Lipinski definition) is 2. The van der Waals surface area contributed by atoms with Crippen LogP contribution in [0, 0.1) is 17.5 Å². The number of nitrogens with one attached hydrogen (secondary N) is 1. The first-order chi connectivity index (χ1) is 7.66. The Morgan fingerprint density at radius 1 is 1.19 bits per heavy atom. The molecule has 0 saturated carbocycles. The molecule has 1 aromatic carbocycles. The summed E-state index contributed by atoms with van der Waals surface area (Å²) in [5, 5.41) is 3.11. The van der Waals surface area contributed by atoms with E-state index in [9.17, 15) is 13.2 Å². The SMILES string of the molecule is Fc1cc(OC2CCCNC2)cc(F)c1F. The Morgan fingerprint density at radius 2 is 1.88 bits per heavy atom. The third-order valence-corrected chi connectivity index (χ3v) is 2.51. The number of rotatable bonds is 2. The highest BCUT2D eigenvalue weighted by Gasteiger charge is 2.17. The van der Waals surface area contributed by atoms with E-state index in [1.54, 1.807) is 0 Å². The molecule has 1 heterocycles. The average molecular weight is 231 g/mol. The van der Waals surface area contributed by atoms with Gasteiger partial charge in [0.05, 0.1) is 0 Å². The van der Waals surface area contributed by atoms with Crippen LogP contribution in [-0.4, -0.2) is 19.2 Å². The van der Waals surface area contributed by atoms with E-state index in [0.29, 0.717) is 6.54 Å². The predicted molar refractivity (Wildman–Crippen MR) is 52.8 cm³/mol. The van der Waals surface area contributed by atoms with Crippen LogP contribution in [0.1, 0.15) is 12.8 Å². The minimum absolute atomic E-state index is 0.0325. The van der Waals surface area contributed by atoms with E-state index in [-0.39, 0.29) is 11.9 Å². The Labute approximate surface area is 91.4 Å². The maximum absolute atomic E-state index is 12.9. The van der Waals surface area contributed by atoms with Crippen molar-refractivity contribution in [3.63, 3.8) is 0 Å². The molecule has 1 fully saturated rings. The zero-order valence-electron chi connectivity index (χ0n) is 8.60. The van der Waals surface area contributed by atoms with Gasteiger partial charge in [-0.2, -0.15) is 0 Å². The lowest BCUT2D eigenvalue weighted by atomic mass is 10.1. The fraction of sp³-hybridized carbons (Fsp3) is 0.455. The summed E-state index contributed by atoms with van der Waals surface area (Å²) in [5.74, 6) is -3.88. The van der Waals surface area contributed by atoms with Crippen molar-refractivity contribution in [3.05, 3.63) is 29.6 Å². The highest BCUT2D eigenvalue weighted by Crippen LogP contribution is 2.21. The highest BCUT2D eigenvalue weighted by molar-refractivity contribution is 5.25. The fourth-order valence-corrected chi connectivity index (χ4v) is 1.71. The maximum atomic E-state index is 12.9. The van der Waals surface area contributed by atoms with Crippen molar-refractivity contribution in [2.24, 2.45) is 0 Å². The van der Waals surface area contributed by atoms with Crippen LogP contribution in [0.4, 0.5) is 13.2 Å². The van der Waals surface area contributed by atoms with E-state index in [1.165, 1.54) is 0 Å². The fourth-order valence-electron chi connectivity index (χ4n) is 1.71. The second-order valence-corrected chi connectivity index (χ2v) is 3.79. The first-order valence-corrected chi connectivity index (χ1v) is 5.19. The Morgan fingerprint density at radius 3 is 2.44 bits per heavy atom. The monoisotopic (exact) mass is 231 g/mol. The molecule has 5 heteroatoms. The lowest BCUT2D eigenvalue weighted by Crippen LogP contribution is -2.37. The van der Waals surface area contributed by atoms with Gasteiger partial charge in [-0.3, -0.25) is 0 Å². The maximum Gasteiger partial charge on any atom is 0.194 e. The minimum Gasteiger partial charge on any atom is -0.489 e. The molecule has 0 amide bonds. The standard InChI is InChI=1S/C11H12F3NO/c12-9-4-8(5-10(13)11(9)14)16-7-2-1-3-15-6-7/h4-5,7,15H,1-3,6H2. The lowest BCUT2D eigenvalue weighted by Gasteiger charge is -2.23. The van der Waals surface area contributed by atoms with Crippen LogP contribution in [0.2, 0.25) is 0 Å². The first-order valence-electron chi connectivity index (χ1n) is 5.19. The van der Waals surface area contributed by atoms with Gasteiger partial charge in [0, 0.05) is 18.7 Å². The largest absolute Gasteiger partial charge is 0.489 e. The summed E-state index contributed by atoms with van der Waals surface area (Å²) in [7, 11) is 0. The summed E-state index contributed by atoms with van der Waals surface area (Å²) < 4.78 is 43.8. The zero-order chi connectivity index (χ0) is 11.5. The van der Waals surface area contributed by atoms with E-state index in [1.807, 2.05) is 0 Å². The van der Waals surface area contributed by atoms with Crippen molar-refractivity contribution in [1.82, 2.24) is 5.32 Å². The summed E-state index contributed by atoms with van der Waals surface area (Å²) in [4.78, 5) is 0. The molecule has 0 radical (unpaired) electrons. The zero-order valence-corrected chi connectivity index (χ0v) is 8.60. The van der Waals surface area contributed by atoms with Crippen molar-refractivity contribution in [2.45, 2.75) is 18.9 Å². The van der Waals surface area contributed by atoms with E-state index >= 15 is 0 Å². The molecule has 0 aromatic heterocycles. The molecule has 1 N–H and O–H groups in total. The third kappa shape index (κ3) is 2.47. The number of benzene rings is 1. The second-order valence-electron chi connectivity index (χ2n) is 3.79. The summed E-state index contributed by atoms with van der Waals surface area (Å²) in [6.07, 6.45) is 1.67. The Balaban J connectivity index is 2.09. The van der Waals surface area contributed by atoms with Crippen LogP contribution in [-0.2, 0) is 0 Å². The van der Waals surface area contributed by atoms with Crippen LogP contribution < -0.4 is 10.1 Å². The molecule has 1 aromatic rings. The topological polar surface area (TPSA) is 21.3 Å². The van der Waals surface area contributed by atoms with Gasteiger partial charge in [0.1, 0.15) is 11.9 Å². The third-order valence-electron chi connectivity index (χ3n) is 2.51. The van der Waals surface area contributed by atoms with Crippen LogP contribution in [0.15, 0.2) is 12.1 Å². The Kier molecular flexibility index (Phi) is 3.33. The molecule has 1 aliphatic heterocycles. The van der Waals surface area contributed by atoms with E-state index < -0.39 is 17.5 Å². The predicted octanol–water partition coefficient (Wildman–Crippen LogP) is 2.23. The van der Waals surface area contributed by atoms with Crippen molar-refractivity contribution in [1.29, 1.82) is 0 Å². The quantitative estimate of drug-likeness (QED) is 0.788. The molecule has 1 unspecified atom stereocenters. The van der Waals surface area contributed by atoms with Gasteiger partial charge in [-0.05, 0) is 19.4 Å². The Bertz CT molecular complexity index is 354. The minimum atomic E-state index is -1.46. The molecule has 1 atom stereocenters. The molecular weight excluding hydrogens is 219 g/mol. The number of piperidine rings is 1. The lowest BCUT2D eigenvalue weighted by molar-refractivity contribution is 0.165. The first kappa shape index (κ1) is 11.3. The number of hydrogen-bond donors (Lipinski definition) is 1. The molecule has 0 spiro atoms. The van der Waals surface area contributed by atoms with E-state index in [4.69, 9.17) is 4.74 Å². The van der Waals surface area contributed by atoms with E-state index in [0.717, 1.165) is 31.5 Å². The number of ether oxygens (including phenoxy) is 1. The van der Waals surface area contributed by atoms with E-state index in [2.05, 4.69) is 5.32 Å².